The number of pyridine rings is 1. The van der Waals surface area contributed by atoms with E-state index >= 15 is 4.39 Å². The zero-order valence-electron chi connectivity index (χ0n) is 24.5. The number of phenols is 1. The summed E-state index contributed by atoms with van der Waals surface area (Å²) in [6.45, 7) is 2.45. The van der Waals surface area contributed by atoms with E-state index in [0.717, 1.165) is 19.4 Å². The summed E-state index contributed by atoms with van der Waals surface area (Å²) in [5.74, 6) is 1.08. The van der Waals surface area contributed by atoms with Gasteiger partial charge in [0, 0.05) is 36.9 Å². The van der Waals surface area contributed by atoms with Gasteiger partial charge in [-0.3, -0.25) is 4.90 Å². The lowest BCUT2D eigenvalue weighted by atomic mass is 9.95. The van der Waals surface area contributed by atoms with Gasteiger partial charge in [0.25, 0.3) is 0 Å². The van der Waals surface area contributed by atoms with Gasteiger partial charge in [-0.1, -0.05) is 12.0 Å². The lowest BCUT2D eigenvalue weighted by Gasteiger charge is -2.33. The first-order valence-electron chi connectivity index (χ1n) is 15.0. The number of aromatic nitrogens is 3. The van der Waals surface area contributed by atoms with Crippen molar-refractivity contribution in [3.05, 3.63) is 41.5 Å². The number of fused-ring (bicyclic) bond motifs is 3. The number of rotatable bonds is 4. The first-order valence-corrected chi connectivity index (χ1v) is 15.0. The Morgan fingerprint density at radius 1 is 1.16 bits per heavy atom. The zero-order chi connectivity index (χ0) is 31.0. The van der Waals surface area contributed by atoms with Gasteiger partial charge in [0.1, 0.15) is 46.8 Å². The standard InChI is InChI=1S/C33H30F3N5O4/c1-3-21-23(35)6-5-17-9-20(42)10-22(25(17)21)28-27(36)29-26-30(40(2)24-15-43-13-18(24)14-44-31(26)37-28)39-32(38-29)45-16-33-7-4-8-41(33)12-19(34)11-33/h1,5-6,9-10,18-19,24,42H,4,7-8,11-16H2,2H3/t18?,19-,24?,33+/m1/s1. The maximum Gasteiger partial charge on any atom is 0.319 e. The zero-order valence-corrected chi connectivity index (χ0v) is 24.5. The van der Waals surface area contributed by atoms with Crippen LogP contribution in [-0.2, 0) is 4.74 Å². The van der Waals surface area contributed by atoms with E-state index in [1.165, 1.54) is 24.3 Å². The number of ether oxygens (including phenoxy) is 3. The maximum atomic E-state index is 16.9. The molecule has 4 aromatic rings. The van der Waals surface area contributed by atoms with Crippen LogP contribution < -0.4 is 14.4 Å². The monoisotopic (exact) mass is 617 g/mol. The van der Waals surface area contributed by atoms with Crippen LogP contribution in [0.2, 0.25) is 0 Å². The molecule has 8 rings (SSSR count). The third kappa shape index (κ3) is 4.35. The molecule has 0 spiro atoms. The van der Waals surface area contributed by atoms with Gasteiger partial charge in [-0.25, -0.2) is 18.2 Å². The number of halogens is 3. The van der Waals surface area contributed by atoms with Crippen LogP contribution in [0.3, 0.4) is 0 Å². The molecule has 0 radical (unpaired) electrons. The molecule has 0 aliphatic carbocycles. The molecule has 0 saturated carbocycles. The molecule has 2 aromatic carbocycles. The third-order valence-electron chi connectivity index (χ3n) is 9.82. The Kier molecular flexibility index (Phi) is 6.48. The number of phenolic OH excluding ortho intramolecular Hbond substituents is 1. The van der Waals surface area contributed by atoms with Crippen LogP contribution >= 0.6 is 0 Å². The van der Waals surface area contributed by atoms with Crippen molar-refractivity contribution in [1.29, 1.82) is 0 Å². The van der Waals surface area contributed by atoms with E-state index in [9.17, 15) is 13.9 Å². The molecule has 6 heterocycles. The SMILES string of the molecule is C#Cc1c(F)ccc2cc(O)cc(-c3nc4c5c(nc(OC[C@@]67CCCN6C[C@H](F)C7)nc5c3F)N(C)C3COCC3CO4)c12. The lowest BCUT2D eigenvalue weighted by molar-refractivity contribution is 0.107. The van der Waals surface area contributed by atoms with Crippen molar-refractivity contribution < 1.29 is 32.5 Å². The first kappa shape index (κ1) is 28.2. The summed E-state index contributed by atoms with van der Waals surface area (Å²) < 4.78 is 64.4. The van der Waals surface area contributed by atoms with Crippen LogP contribution in [0, 0.1) is 29.9 Å². The van der Waals surface area contributed by atoms with E-state index in [0.29, 0.717) is 37.4 Å². The molecule has 45 heavy (non-hydrogen) atoms. The van der Waals surface area contributed by atoms with Gasteiger partial charge in [-0.2, -0.15) is 9.97 Å². The average Bonchev–Trinajstić information content (AvgIpc) is 3.72. The highest BCUT2D eigenvalue weighted by Crippen LogP contribution is 2.44. The Labute approximate surface area is 256 Å². The van der Waals surface area contributed by atoms with Crippen LogP contribution in [-0.4, -0.2) is 89.3 Å². The Morgan fingerprint density at radius 3 is 2.87 bits per heavy atom. The molecule has 2 aromatic heterocycles. The van der Waals surface area contributed by atoms with Gasteiger partial charge in [-0.05, 0) is 43.0 Å². The van der Waals surface area contributed by atoms with Crippen molar-refractivity contribution in [1.82, 2.24) is 19.9 Å². The van der Waals surface area contributed by atoms with Crippen molar-refractivity contribution >= 4 is 27.5 Å². The highest BCUT2D eigenvalue weighted by atomic mass is 19.1. The fourth-order valence-electron chi connectivity index (χ4n) is 7.62. The minimum absolute atomic E-state index is 0.0255. The highest BCUT2D eigenvalue weighted by molar-refractivity contribution is 6.04. The fourth-order valence-corrected chi connectivity index (χ4v) is 7.62. The number of nitrogens with zero attached hydrogens (tertiary/aromatic N) is 5. The van der Waals surface area contributed by atoms with Crippen LogP contribution in [0.25, 0.3) is 32.9 Å². The van der Waals surface area contributed by atoms with Gasteiger partial charge in [0.15, 0.2) is 5.82 Å². The summed E-state index contributed by atoms with van der Waals surface area (Å²) >= 11 is 0. The van der Waals surface area contributed by atoms with E-state index in [1.54, 1.807) is 0 Å². The van der Waals surface area contributed by atoms with Crippen LogP contribution in [0.5, 0.6) is 17.6 Å². The second kappa shape index (κ2) is 10.4. The van der Waals surface area contributed by atoms with E-state index in [-0.39, 0.29) is 75.9 Å². The normalized spacial score (nSPS) is 25.9. The summed E-state index contributed by atoms with van der Waals surface area (Å²) in [4.78, 5) is 17.9. The van der Waals surface area contributed by atoms with Crippen LogP contribution in [0.15, 0.2) is 24.3 Å². The van der Waals surface area contributed by atoms with Gasteiger partial charge in [-0.15, -0.1) is 6.42 Å². The van der Waals surface area contributed by atoms with Gasteiger partial charge in [0.05, 0.1) is 37.0 Å². The van der Waals surface area contributed by atoms with Gasteiger partial charge in [0.2, 0.25) is 5.88 Å². The second-order valence-electron chi connectivity index (χ2n) is 12.4. The summed E-state index contributed by atoms with van der Waals surface area (Å²) in [5.41, 5.74) is -0.822. The molecule has 4 aliphatic rings. The van der Waals surface area contributed by atoms with E-state index in [4.69, 9.17) is 25.6 Å². The van der Waals surface area contributed by atoms with Crippen molar-refractivity contribution in [3.63, 3.8) is 0 Å². The van der Waals surface area contributed by atoms with Crippen LogP contribution in [0.1, 0.15) is 24.8 Å². The topological polar surface area (TPSA) is 93.1 Å². The molecule has 9 nitrogen and oxygen atoms in total. The number of hydrogen-bond acceptors (Lipinski definition) is 9. The molecular formula is C33H30F3N5O4. The molecular weight excluding hydrogens is 587 g/mol. The lowest BCUT2D eigenvalue weighted by Crippen LogP contribution is -2.44. The summed E-state index contributed by atoms with van der Waals surface area (Å²) in [7, 11) is 1.85. The second-order valence-corrected chi connectivity index (χ2v) is 12.4. The predicted molar refractivity (Wildman–Crippen MR) is 160 cm³/mol. The number of hydrogen-bond donors (Lipinski definition) is 1. The first-order chi connectivity index (χ1) is 21.8. The average molecular weight is 618 g/mol. The summed E-state index contributed by atoms with van der Waals surface area (Å²) in [5, 5.41) is 11.5. The number of aromatic hydroxyl groups is 1. The van der Waals surface area contributed by atoms with Crippen molar-refractivity contribution in [2.45, 2.75) is 37.0 Å². The minimum Gasteiger partial charge on any atom is -0.508 e. The van der Waals surface area contributed by atoms with Crippen molar-refractivity contribution in [2.75, 3.05) is 51.5 Å². The molecule has 12 heteroatoms. The van der Waals surface area contributed by atoms with Crippen molar-refractivity contribution in [2.24, 2.45) is 5.92 Å². The molecule has 4 aliphatic heterocycles. The summed E-state index contributed by atoms with van der Waals surface area (Å²) in [6, 6.07) is 5.21. The smallest absolute Gasteiger partial charge is 0.319 e. The number of anilines is 1. The molecule has 1 N–H and O–H groups in total. The van der Waals surface area contributed by atoms with Crippen molar-refractivity contribution in [3.8, 4) is 41.2 Å². The van der Waals surface area contributed by atoms with E-state index in [1.807, 2.05) is 11.9 Å². The number of terminal acetylenes is 1. The van der Waals surface area contributed by atoms with E-state index in [2.05, 4.69) is 20.8 Å². The molecule has 2 unspecified atom stereocenters. The Hall–Kier alpha value is -4.34. The van der Waals surface area contributed by atoms with Gasteiger partial charge < -0.3 is 24.2 Å². The van der Waals surface area contributed by atoms with Gasteiger partial charge >= 0.3 is 6.01 Å². The molecule has 4 atom stereocenters. The molecule has 232 valence electrons. The minimum atomic E-state index is -0.939. The fraction of sp³-hybridized carbons (Fsp3) is 0.424. The number of alkyl halides is 1. The Bertz CT molecular complexity index is 1920. The largest absolute Gasteiger partial charge is 0.508 e. The third-order valence-corrected chi connectivity index (χ3v) is 9.82. The quantitative estimate of drug-likeness (QED) is 0.330. The number of likely N-dealkylation sites (N-methyl/N-ethyl adjacent to an activating group) is 1. The number of benzene rings is 2. The molecule has 3 fully saturated rings. The molecule has 3 saturated heterocycles. The van der Waals surface area contributed by atoms with E-state index < -0.39 is 23.3 Å². The Morgan fingerprint density at radius 2 is 2.02 bits per heavy atom. The highest BCUT2D eigenvalue weighted by Gasteiger charge is 2.49. The van der Waals surface area contributed by atoms with Crippen LogP contribution in [0.4, 0.5) is 19.0 Å². The maximum absolute atomic E-state index is 16.9. The Balaban J connectivity index is 1.34. The molecule has 0 amide bonds. The molecule has 0 bridgehead atoms. The predicted octanol–water partition coefficient (Wildman–Crippen LogP) is 4.61. The summed E-state index contributed by atoms with van der Waals surface area (Å²) in [6.07, 6.45) is 6.84.